The molecular weight excluding hydrogens is 313 g/mol. The van der Waals surface area contributed by atoms with Crippen molar-refractivity contribution in [3.63, 3.8) is 0 Å². The van der Waals surface area contributed by atoms with Gasteiger partial charge in [-0.1, -0.05) is 29.3 Å². The van der Waals surface area contributed by atoms with E-state index in [9.17, 15) is 9.59 Å². The minimum Gasteiger partial charge on any atom is -0.481 e. The predicted octanol–water partition coefficient (Wildman–Crippen LogP) is 3.77. The van der Waals surface area contributed by atoms with Gasteiger partial charge in [0.1, 0.15) is 0 Å². The first-order valence-corrected chi connectivity index (χ1v) is 7.12. The Morgan fingerprint density at radius 1 is 1.33 bits per heavy atom. The molecule has 1 rings (SSSR count). The topological polar surface area (TPSA) is 66.4 Å². The molecule has 0 bridgehead atoms. The maximum atomic E-state index is 11.8. The molecule has 114 valence electrons. The Balaban J connectivity index is 2.64. The van der Waals surface area contributed by atoms with Gasteiger partial charge in [0.2, 0.25) is 5.91 Å². The van der Waals surface area contributed by atoms with Crippen molar-refractivity contribution in [1.82, 2.24) is 5.32 Å². The number of amides is 1. The van der Waals surface area contributed by atoms with Crippen LogP contribution in [0.5, 0.6) is 0 Å². The Kier molecular flexibility index (Phi) is 6.24. The zero-order valence-electron chi connectivity index (χ0n) is 11.8. The smallest absolute Gasteiger partial charge is 0.303 e. The second-order valence-electron chi connectivity index (χ2n) is 5.27. The molecule has 1 aromatic carbocycles. The molecule has 21 heavy (non-hydrogen) atoms. The van der Waals surface area contributed by atoms with Gasteiger partial charge in [0.05, 0.1) is 0 Å². The first-order chi connectivity index (χ1) is 9.69. The molecule has 0 unspecified atom stereocenters. The molecule has 4 nitrogen and oxygen atoms in total. The summed E-state index contributed by atoms with van der Waals surface area (Å²) in [6.45, 7) is 3.55. The van der Waals surface area contributed by atoms with E-state index in [1.54, 1.807) is 38.1 Å². The highest BCUT2D eigenvalue weighted by atomic mass is 35.5. The zero-order chi connectivity index (χ0) is 16.0. The summed E-state index contributed by atoms with van der Waals surface area (Å²) in [7, 11) is 0. The van der Waals surface area contributed by atoms with Crippen LogP contribution in [0.3, 0.4) is 0 Å². The molecule has 2 N–H and O–H groups in total. The van der Waals surface area contributed by atoms with Gasteiger partial charge in [-0.25, -0.2) is 0 Å². The van der Waals surface area contributed by atoms with Gasteiger partial charge < -0.3 is 10.4 Å². The molecule has 1 aromatic rings. The number of rotatable bonds is 6. The van der Waals surface area contributed by atoms with E-state index in [1.807, 2.05) is 0 Å². The van der Waals surface area contributed by atoms with Gasteiger partial charge >= 0.3 is 5.97 Å². The second kappa shape index (κ2) is 7.48. The number of carbonyl (C=O) groups is 2. The van der Waals surface area contributed by atoms with Crippen LogP contribution in [-0.4, -0.2) is 22.5 Å². The van der Waals surface area contributed by atoms with E-state index in [2.05, 4.69) is 5.32 Å². The number of hydrogen-bond donors (Lipinski definition) is 2. The summed E-state index contributed by atoms with van der Waals surface area (Å²) in [6, 6.07) is 4.99. The fraction of sp³-hybridized carbons (Fsp3) is 0.333. The van der Waals surface area contributed by atoms with Crippen molar-refractivity contribution >= 4 is 41.2 Å². The summed E-state index contributed by atoms with van der Waals surface area (Å²) in [5.74, 6) is -1.20. The molecule has 0 heterocycles. The molecule has 0 aromatic heterocycles. The standard InChI is InChI=1S/C15H17Cl2NO3/c1-15(2,8-7-14(20)21)18-13(19)6-4-10-3-5-11(16)9-12(10)17/h3-6,9H,7-8H2,1-2H3,(H,18,19)(H,20,21). The van der Waals surface area contributed by atoms with Crippen molar-refractivity contribution in [1.29, 1.82) is 0 Å². The van der Waals surface area contributed by atoms with Crippen LogP contribution in [0.2, 0.25) is 10.0 Å². The number of carboxylic acids is 1. The van der Waals surface area contributed by atoms with Gasteiger partial charge in [-0.3, -0.25) is 9.59 Å². The number of nitrogens with one attached hydrogen (secondary N) is 1. The third-order valence-corrected chi connectivity index (χ3v) is 3.36. The number of carbonyl (C=O) groups excluding carboxylic acids is 1. The number of benzene rings is 1. The molecular formula is C15H17Cl2NO3. The van der Waals surface area contributed by atoms with E-state index in [4.69, 9.17) is 28.3 Å². The van der Waals surface area contributed by atoms with Crippen molar-refractivity contribution < 1.29 is 14.7 Å². The fourth-order valence-corrected chi connectivity index (χ4v) is 2.13. The molecule has 0 atom stereocenters. The molecule has 0 aliphatic heterocycles. The van der Waals surface area contributed by atoms with Crippen LogP contribution in [0.4, 0.5) is 0 Å². The van der Waals surface area contributed by atoms with E-state index in [-0.39, 0.29) is 12.3 Å². The molecule has 0 aliphatic carbocycles. The van der Waals surface area contributed by atoms with Crippen LogP contribution >= 0.6 is 23.2 Å². The lowest BCUT2D eigenvalue weighted by molar-refractivity contribution is -0.137. The second-order valence-corrected chi connectivity index (χ2v) is 6.11. The van der Waals surface area contributed by atoms with Crippen molar-refractivity contribution in [3.05, 3.63) is 39.9 Å². The molecule has 1 amide bonds. The van der Waals surface area contributed by atoms with Gasteiger partial charge in [0, 0.05) is 28.1 Å². The van der Waals surface area contributed by atoms with Crippen LogP contribution in [0.25, 0.3) is 6.08 Å². The zero-order valence-corrected chi connectivity index (χ0v) is 13.3. The van der Waals surface area contributed by atoms with Gasteiger partial charge in [0.25, 0.3) is 0 Å². The molecule has 0 radical (unpaired) electrons. The molecule has 6 heteroatoms. The van der Waals surface area contributed by atoms with E-state index >= 15 is 0 Å². The minimum atomic E-state index is -0.888. The fourth-order valence-electron chi connectivity index (χ4n) is 1.66. The summed E-state index contributed by atoms with van der Waals surface area (Å²) in [5.41, 5.74) is 0.0865. The molecule has 0 saturated carbocycles. The van der Waals surface area contributed by atoms with Crippen LogP contribution in [-0.2, 0) is 9.59 Å². The predicted molar refractivity (Wildman–Crippen MR) is 84.6 cm³/mol. The Morgan fingerprint density at radius 3 is 2.57 bits per heavy atom. The van der Waals surface area contributed by atoms with Gasteiger partial charge in [0.15, 0.2) is 0 Å². The highest BCUT2D eigenvalue weighted by Gasteiger charge is 2.20. The van der Waals surface area contributed by atoms with Crippen molar-refractivity contribution in [2.45, 2.75) is 32.2 Å². The number of halogens is 2. The maximum Gasteiger partial charge on any atom is 0.303 e. The van der Waals surface area contributed by atoms with Crippen molar-refractivity contribution in [3.8, 4) is 0 Å². The van der Waals surface area contributed by atoms with Crippen LogP contribution in [0.1, 0.15) is 32.3 Å². The lowest BCUT2D eigenvalue weighted by Gasteiger charge is -2.24. The quantitative estimate of drug-likeness (QED) is 0.781. The van der Waals surface area contributed by atoms with E-state index in [0.29, 0.717) is 22.0 Å². The third kappa shape index (κ3) is 6.65. The van der Waals surface area contributed by atoms with Crippen molar-refractivity contribution in [2.24, 2.45) is 0 Å². The maximum absolute atomic E-state index is 11.8. The van der Waals surface area contributed by atoms with Gasteiger partial charge in [-0.15, -0.1) is 0 Å². The lowest BCUT2D eigenvalue weighted by atomic mass is 9.98. The van der Waals surface area contributed by atoms with E-state index in [0.717, 1.165) is 0 Å². The monoisotopic (exact) mass is 329 g/mol. The average Bonchev–Trinajstić information content (AvgIpc) is 2.35. The van der Waals surface area contributed by atoms with Gasteiger partial charge in [-0.2, -0.15) is 0 Å². The third-order valence-electron chi connectivity index (χ3n) is 2.80. The summed E-state index contributed by atoms with van der Waals surface area (Å²) in [4.78, 5) is 22.4. The average molecular weight is 330 g/mol. The van der Waals surface area contributed by atoms with Crippen LogP contribution in [0, 0.1) is 0 Å². The summed E-state index contributed by atoms with van der Waals surface area (Å²) in [5, 5.41) is 12.4. The van der Waals surface area contributed by atoms with E-state index < -0.39 is 11.5 Å². The number of hydrogen-bond acceptors (Lipinski definition) is 2. The van der Waals surface area contributed by atoms with Crippen LogP contribution < -0.4 is 5.32 Å². The molecule has 0 fully saturated rings. The summed E-state index contributed by atoms with van der Waals surface area (Å²) >= 11 is 11.8. The number of aliphatic carboxylic acids is 1. The largest absolute Gasteiger partial charge is 0.481 e. The Hall–Kier alpha value is -1.52. The minimum absolute atomic E-state index is 0.00000673. The van der Waals surface area contributed by atoms with Gasteiger partial charge in [-0.05, 0) is 44.0 Å². The molecule has 0 aliphatic rings. The highest BCUT2D eigenvalue weighted by Crippen LogP contribution is 2.22. The highest BCUT2D eigenvalue weighted by molar-refractivity contribution is 6.35. The first-order valence-electron chi connectivity index (χ1n) is 6.37. The van der Waals surface area contributed by atoms with Crippen LogP contribution in [0.15, 0.2) is 24.3 Å². The Morgan fingerprint density at radius 2 is 2.00 bits per heavy atom. The van der Waals surface area contributed by atoms with Crippen molar-refractivity contribution in [2.75, 3.05) is 0 Å². The lowest BCUT2D eigenvalue weighted by Crippen LogP contribution is -2.42. The Bertz CT molecular complexity index is 568. The normalized spacial score (nSPS) is 11.6. The first kappa shape index (κ1) is 17.5. The van der Waals surface area contributed by atoms with E-state index in [1.165, 1.54) is 6.08 Å². The summed E-state index contributed by atoms with van der Waals surface area (Å²) in [6.07, 6.45) is 3.29. The summed E-state index contributed by atoms with van der Waals surface area (Å²) < 4.78 is 0. The SMILES string of the molecule is CC(C)(CCC(=O)O)NC(=O)C=Cc1ccc(Cl)cc1Cl. The molecule has 0 spiro atoms. The Labute approximate surface area is 133 Å². The molecule has 0 saturated heterocycles. The number of carboxylic acid groups (broad SMARTS) is 1.